The Bertz CT molecular complexity index is 1750. The number of amides is 4. The predicted octanol–water partition coefficient (Wildman–Crippen LogP) is 6.41. The lowest BCUT2D eigenvalue weighted by molar-refractivity contribution is -0.129. The van der Waals surface area contributed by atoms with E-state index in [2.05, 4.69) is 37.9 Å². The maximum Gasteiger partial charge on any atom is 0.238 e. The highest BCUT2D eigenvalue weighted by atomic mass is 79.9. The van der Waals surface area contributed by atoms with Crippen LogP contribution in [0.2, 0.25) is 0 Å². The smallest absolute Gasteiger partial charge is 0.238 e. The van der Waals surface area contributed by atoms with Gasteiger partial charge < -0.3 is 0 Å². The van der Waals surface area contributed by atoms with Crippen LogP contribution in [0.15, 0.2) is 106 Å². The van der Waals surface area contributed by atoms with Crippen molar-refractivity contribution in [2.45, 2.75) is 6.42 Å². The molecule has 8 heteroatoms. The van der Waals surface area contributed by atoms with Crippen LogP contribution in [-0.4, -0.2) is 23.6 Å². The zero-order valence-electron chi connectivity index (χ0n) is 22.2. The van der Waals surface area contributed by atoms with E-state index in [9.17, 15) is 19.2 Å². The normalized spacial score (nSPS) is 31.1. The molecule has 6 nitrogen and oxygen atoms in total. The molecule has 2 heterocycles. The van der Waals surface area contributed by atoms with Crippen LogP contribution in [0.5, 0.6) is 0 Å². The van der Waals surface area contributed by atoms with Gasteiger partial charge in [-0.2, -0.15) is 0 Å². The van der Waals surface area contributed by atoms with Gasteiger partial charge in [0.15, 0.2) is 0 Å². The minimum atomic E-state index is -0.591. The fourth-order valence-electron chi connectivity index (χ4n) is 8.21. The molecule has 2 saturated heterocycles. The number of rotatable bonds is 3. The zero-order valence-corrected chi connectivity index (χ0v) is 25.4. The quantitative estimate of drug-likeness (QED) is 0.236. The average molecular weight is 684 g/mol. The number of fused-ring (bicyclic) bond motifs is 1. The number of allylic oxidation sites excluding steroid dienone is 4. The van der Waals surface area contributed by atoms with Gasteiger partial charge in [-0.3, -0.25) is 29.0 Å². The van der Waals surface area contributed by atoms with Gasteiger partial charge in [0.2, 0.25) is 23.6 Å². The molecule has 208 valence electrons. The van der Waals surface area contributed by atoms with E-state index in [4.69, 9.17) is 0 Å². The molecule has 3 aromatic rings. The maximum absolute atomic E-state index is 14.2. The Balaban J connectivity index is 1.28. The second-order valence-electron chi connectivity index (χ2n) is 11.7. The highest BCUT2D eigenvalue weighted by Gasteiger charge is 2.67. The molecule has 1 saturated carbocycles. The standard InChI is InChI=1S/C34H24Br2N2O4/c35-18-6-10-20(11-7-18)37-31(39)25-16-24(17-4-2-1-3-5-17)26-22-14-15-23(27(26)30(25)34(37)42)29-28(22)32(40)38(33(29)41)21-12-8-19(36)9-13-21/h1-15,22-23,25,27-30H,16H2/t22-,23+,25+,27-,28+,29+,30-/m0/s1. The molecular weight excluding hydrogens is 660 g/mol. The SMILES string of the molecule is O=C1[C@@H]2[C@@H]3C=C[C@@H](C4=C(c5ccccc5)C[C@H]5C(=O)N(c6ccc(Br)cc6)C(=O)[C@@H]5[C@H]43)[C@H]2C(=O)N1c1ccc(Br)cc1. The van der Waals surface area contributed by atoms with E-state index in [1.54, 1.807) is 24.3 Å². The molecule has 3 fully saturated rings. The Morgan fingerprint density at radius 2 is 1.12 bits per heavy atom. The summed E-state index contributed by atoms with van der Waals surface area (Å²) in [5.74, 6) is -4.10. The van der Waals surface area contributed by atoms with Crippen molar-refractivity contribution in [3.05, 3.63) is 111 Å². The predicted molar refractivity (Wildman–Crippen MR) is 165 cm³/mol. The molecule has 9 rings (SSSR count). The van der Waals surface area contributed by atoms with Gasteiger partial charge in [0, 0.05) is 20.8 Å². The Kier molecular flexibility index (Phi) is 5.86. The minimum absolute atomic E-state index is 0.197. The number of halogens is 2. The summed E-state index contributed by atoms with van der Waals surface area (Å²) >= 11 is 6.88. The Morgan fingerprint density at radius 1 is 0.571 bits per heavy atom. The van der Waals surface area contributed by atoms with Crippen LogP contribution in [0, 0.1) is 41.4 Å². The first-order chi connectivity index (χ1) is 20.3. The molecule has 2 bridgehead atoms. The molecule has 0 radical (unpaired) electrons. The maximum atomic E-state index is 14.2. The second-order valence-corrected chi connectivity index (χ2v) is 13.5. The number of carbonyl (C=O) groups excluding carboxylic acids is 4. The van der Waals surface area contributed by atoms with Crippen molar-refractivity contribution >= 4 is 72.4 Å². The van der Waals surface area contributed by atoms with E-state index in [0.717, 1.165) is 25.7 Å². The molecule has 0 spiro atoms. The van der Waals surface area contributed by atoms with Crippen LogP contribution < -0.4 is 9.80 Å². The van der Waals surface area contributed by atoms with Crippen LogP contribution in [0.25, 0.3) is 5.57 Å². The van der Waals surface area contributed by atoms with Gasteiger partial charge in [-0.15, -0.1) is 0 Å². The van der Waals surface area contributed by atoms with Crippen molar-refractivity contribution in [2.24, 2.45) is 41.4 Å². The molecule has 6 aliphatic rings. The molecule has 2 aliphatic heterocycles. The molecule has 3 aromatic carbocycles. The third-order valence-corrected chi connectivity index (χ3v) is 10.9. The number of imide groups is 2. The Morgan fingerprint density at radius 3 is 1.74 bits per heavy atom. The summed E-state index contributed by atoms with van der Waals surface area (Å²) in [5.41, 5.74) is 4.17. The van der Waals surface area contributed by atoms with Crippen LogP contribution >= 0.6 is 31.9 Å². The molecule has 0 unspecified atom stereocenters. The van der Waals surface area contributed by atoms with Gasteiger partial charge in [0.25, 0.3) is 0 Å². The van der Waals surface area contributed by atoms with E-state index in [1.165, 1.54) is 9.80 Å². The molecule has 42 heavy (non-hydrogen) atoms. The van der Waals surface area contributed by atoms with Crippen molar-refractivity contribution in [1.82, 2.24) is 0 Å². The van der Waals surface area contributed by atoms with Gasteiger partial charge >= 0.3 is 0 Å². The monoisotopic (exact) mass is 682 g/mol. The Labute approximate surface area is 259 Å². The number of anilines is 2. The number of hydrogen-bond donors (Lipinski definition) is 0. The van der Waals surface area contributed by atoms with Crippen molar-refractivity contribution in [3.8, 4) is 0 Å². The van der Waals surface area contributed by atoms with Gasteiger partial charge in [-0.1, -0.05) is 79.9 Å². The summed E-state index contributed by atoms with van der Waals surface area (Å²) in [6, 6.07) is 24.4. The van der Waals surface area contributed by atoms with E-state index in [0.29, 0.717) is 17.8 Å². The first kappa shape index (κ1) is 26.0. The number of carbonyl (C=O) groups is 4. The van der Waals surface area contributed by atoms with E-state index in [1.807, 2.05) is 60.7 Å². The number of hydrogen-bond acceptors (Lipinski definition) is 4. The van der Waals surface area contributed by atoms with E-state index in [-0.39, 0.29) is 41.4 Å². The molecule has 0 aromatic heterocycles. The first-order valence-corrected chi connectivity index (χ1v) is 15.7. The fourth-order valence-corrected chi connectivity index (χ4v) is 8.73. The van der Waals surface area contributed by atoms with Crippen molar-refractivity contribution < 1.29 is 19.2 Å². The molecule has 7 atom stereocenters. The van der Waals surface area contributed by atoms with Gasteiger partial charge in [0.05, 0.1) is 35.0 Å². The molecule has 0 N–H and O–H groups in total. The Hall–Kier alpha value is -3.62. The highest BCUT2D eigenvalue weighted by molar-refractivity contribution is 9.10. The van der Waals surface area contributed by atoms with Gasteiger partial charge in [0.1, 0.15) is 0 Å². The van der Waals surface area contributed by atoms with Crippen LogP contribution in [0.3, 0.4) is 0 Å². The lowest BCUT2D eigenvalue weighted by Gasteiger charge is -2.51. The van der Waals surface area contributed by atoms with Crippen molar-refractivity contribution in [1.29, 1.82) is 0 Å². The number of nitrogens with zero attached hydrogens (tertiary/aromatic N) is 2. The van der Waals surface area contributed by atoms with Gasteiger partial charge in [-0.05, 0) is 72.0 Å². The number of benzene rings is 3. The summed E-state index contributed by atoms with van der Waals surface area (Å²) in [5, 5.41) is 0. The molecule has 4 aliphatic carbocycles. The summed E-state index contributed by atoms with van der Waals surface area (Å²) in [7, 11) is 0. The summed E-state index contributed by atoms with van der Waals surface area (Å²) in [6.45, 7) is 0. The minimum Gasteiger partial charge on any atom is -0.274 e. The summed E-state index contributed by atoms with van der Waals surface area (Å²) in [6.07, 6.45) is 4.54. The largest absolute Gasteiger partial charge is 0.274 e. The van der Waals surface area contributed by atoms with Crippen molar-refractivity contribution in [2.75, 3.05) is 9.80 Å². The van der Waals surface area contributed by atoms with Crippen LogP contribution in [-0.2, 0) is 19.2 Å². The second kappa shape index (κ2) is 9.44. The first-order valence-electron chi connectivity index (χ1n) is 14.1. The lowest BCUT2D eigenvalue weighted by Crippen LogP contribution is -2.51. The highest BCUT2D eigenvalue weighted by Crippen LogP contribution is 2.63. The topological polar surface area (TPSA) is 74.8 Å². The average Bonchev–Trinajstić information content (AvgIpc) is 3.43. The molecule has 4 amide bonds. The third kappa shape index (κ3) is 3.54. The van der Waals surface area contributed by atoms with Crippen LogP contribution in [0.4, 0.5) is 11.4 Å². The zero-order chi connectivity index (χ0) is 28.9. The van der Waals surface area contributed by atoms with Gasteiger partial charge in [-0.25, -0.2) is 0 Å². The fraction of sp³-hybridized carbons (Fsp3) is 0.235. The van der Waals surface area contributed by atoms with Crippen molar-refractivity contribution in [3.63, 3.8) is 0 Å². The third-order valence-electron chi connectivity index (χ3n) is 9.80. The summed E-state index contributed by atoms with van der Waals surface area (Å²) < 4.78 is 1.72. The molecular formula is C34H24Br2N2O4. The summed E-state index contributed by atoms with van der Waals surface area (Å²) in [4.78, 5) is 59.1. The van der Waals surface area contributed by atoms with E-state index < -0.39 is 23.7 Å². The lowest BCUT2D eigenvalue weighted by atomic mass is 9.49. The van der Waals surface area contributed by atoms with Crippen LogP contribution in [0.1, 0.15) is 12.0 Å². The van der Waals surface area contributed by atoms with E-state index >= 15 is 0 Å².